The number of rotatable bonds is 6. The van der Waals surface area contributed by atoms with Crippen molar-refractivity contribution in [2.45, 2.75) is 18.4 Å². The minimum atomic E-state index is -3.72. The third-order valence-corrected chi connectivity index (χ3v) is 5.34. The highest BCUT2D eigenvalue weighted by molar-refractivity contribution is 7.89. The van der Waals surface area contributed by atoms with Crippen LogP contribution < -0.4 is 4.83 Å². The van der Waals surface area contributed by atoms with Crippen LogP contribution in [0.3, 0.4) is 0 Å². The van der Waals surface area contributed by atoms with Gasteiger partial charge in [0, 0.05) is 0 Å². The van der Waals surface area contributed by atoms with Crippen LogP contribution >= 0.6 is 11.6 Å². The molecule has 26 heavy (non-hydrogen) atoms. The summed E-state index contributed by atoms with van der Waals surface area (Å²) in [7, 11) is -3.72. The van der Waals surface area contributed by atoms with Crippen LogP contribution in [0, 0.1) is 6.92 Å². The van der Waals surface area contributed by atoms with E-state index in [1.807, 2.05) is 30.3 Å². The van der Waals surface area contributed by atoms with E-state index >= 15 is 0 Å². The van der Waals surface area contributed by atoms with Gasteiger partial charge in [-0.2, -0.15) is 18.6 Å². The van der Waals surface area contributed by atoms with Gasteiger partial charge in [0.15, 0.2) is 0 Å². The Morgan fingerprint density at radius 2 is 1.73 bits per heavy atom. The van der Waals surface area contributed by atoms with Crippen LogP contribution in [0.15, 0.2) is 70.7 Å². The van der Waals surface area contributed by atoms with Gasteiger partial charge in [0.1, 0.15) is 5.15 Å². The first-order valence-corrected chi connectivity index (χ1v) is 9.70. The zero-order valence-corrected chi connectivity index (χ0v) is 15.6. The molecule has 8 heteroatoms. The summed E-state index contributed by atoms with van der Waals surface area (Å²) in [6.07, 6.45) is 1.37. The topological polar surface area (TPSA) is 76.3 Å². The lowest BCUT2D eigenvalue weighted by atomic mass is 10.2. The summed E-state index contributed by atoms with van der Waals surface area (Å²) in [6, 6.07) is 17.8. The average Bonchev–Trinajstić information content (AvgIpc) is 2.90. The molecule has 0 bridgehead atoms. The highest BCUT2D eigenvalue weighted by Crippen LogP contribution is 2.19. The lowest BCUT2D eigenvalue weighted by molar-refractivity contribution is 0.584. The number of aromatic nitrogens is 2. The minimum Gasteiger partial charge on any atom is -0.249 e. The molecule has 0 unspecified atom stereocenters. The lowest BCUT2D eigenvalue weighted by Crippen LogP contribution is -2.18. The van der Waals surface area contributed by atoms with Crippen molar-refractivity contribution in [3.05, 3.63) is 82.6 Å². The summed E-state index contributed by atoms with van der Waals surface area (Å²) in [5.41, 5.74) is 2.29. The number of nitrogens with one attached hydrogen (secondary N) is 1. The second-order valence-electron chi connectivity index (χ2n) is 5.60. The van der Waals surface area contributed by atoms with E-state index in [0.29, 0.717) is 23.0 Å². The van der Waals surface area contributed by atoms with E-state index in [0.717, 1.165) is 5.56 Å². The highest BCUT2D eigenvalue weighted by Gasteiger charge is 2.14. The van der Waals surface area contributed by atoms with E-state index in [9.17, 15) is 8.42 Å². The van der Waals surface area contributed by atoms with Gasteiger partial charge in [-0.05, 0) is 24.6 Å². The number of hydrogen-bond donors (Lipinski definition) is 1. The van der Waals surface area contributed by atoms with Crippen molar-refractivity contribution in [1.82, 2.24) is 14.6 Å². The van der Waals surface area contributed by atoms with Gasteiger partial charge in [0.05, 0.1) is 28.9 Å². The molecule has 0 aliphatic heterocycles. The monoisotopic (exact) mass is 388 g/mol. The smallest absolute Gasteiger partial charge is 0.249 e. The van der Waals surface area contributed by atoms with E-state index in [1.165, 1.54) is 18.3 Å². The Kier molecular flexibility index (Phi) is 5.39. The van der Waals surface area contributed by atoms with Gasteiger partial charge in [-0.15, -0.1) is 0 Å². The Bertz CT molecular complexity index is 1020. The third-order valence-electron chi connectivity index (χ3n) is 3.70. The molecule has 0 radical (unpaired) electrons. The molecule has 0 aliphatic rings. The van der Waals surface area contributed by atoms with Crippen LogP contribution in [0.1, 0.15) is 16.8 Å². The predicted octanol–water partition coefficient (Wildman–Crippen LogP) is 3.21. The van der Waals surface area contributed by atoms with Crippen LogP contribution in [-0.4, -0.2) is 24.4 Å². The van der Waals surface area contributed by atoms with Crippen molar-refractivity contribution < 1.29 is 8.42 Å². The largest absolute Gasteiger partial charge is 0.276 e. The van der Waals surface area contributed by atoms with E-state index in [1.54, 1.807) is 29.8 Å². The van der Waals surface area contributed by atoms with Gasteiger partial charge in [-0.1, -0.05) is 60.1 Å². The quantitative estimate of drug-likeness (QED) is 0.520. The van der Waals surface area contributed by atoms with E-state index < -0.39 is 10.0 Å². The molecule has 0 amide bonds. The molecule has 1 N–H and O–H groups in total. The SMILES string of the molecule is Cc1nn(Cc2ccccc2)c(Cl)c1C=NNS(=O)(=O)c1ccccc1. The highest BCUT2D eigenvalue weighted by atomic mass is 35.5. The maximum absolute atomic E-state index is 12.2. The van der Waals surface area contributed by atoms with Crippen molar-refractivity contribution in [2.24, 2.45) is 5.10 Å². The average molecular weight is 389 g/mol. The van der Waals surface area contributed by atoms with Crippen molar-refractivity contribution in [3.8, 4) is 0 Å². The molecular weight excluding hydrogens is 372 g/mol. The lowest BCUT2D eigenvalue weighted by Gasteiger charge is -2.03. The maximum atomic E-state index is 12.2. The fourth-order valence-corrected chi connectivity index (χ4v) is 3.48. The minimum absolute atomic E-state index is 0.139. The van der Waals surface area contributed by atoms with Crippen molar-refractivity contribution >= 4 is 27.8 Å². The molecule has 1 heterocycles. The third kappa shape index (κ3) is 4.12. The van der Waals surface area contributed by atoms with Gasteiger partial charge < -0.3 is 0 Å². The molecule has 2 aromatic carbocycles. The number of benzene rings is 2. The standard InChI is InChI=1S/C18H17ClN4O2S/c1-14-17(12-20-22-26(24,25)16-10-6-3-7-11-16)18(19)23(21-14)13-15-8-4-2-5-9-15/h2-12,22H,13H2,1H3. The molecule has 0 saturated carbocycles. The normalized spacial score (nSPS) is 11.8. The Hall–Kier alpha value is -2.64. The zero-order valence-electron chi connectivity index (χ0n) is 14.0. The summed E-state index contributed by atoms with van der Waals surface area (Å²) in [5.74, 6) is 0. The Labute approximate surface area is 157 Å². The van der Waals surface area contributed by atoms with Crippen molar-refractivity contribution in [2.75, 3.05) is 0 Å². The number of sulfonamides is 1. The number of halogens is 1. The van der Waals surface area contributed by atoms with Gasteiger partial charge in [0.25, 0.3) is 10.0 Å². The van der Waals surface area contributed by atoms with Gasteiger partial charge in [-0.3, -0.25) is 0 Å². The number of nitrogens with zero attached hydrogens (tertiary/aromatic N) is 3. The van der Waals surface area contributed by atoms with E-state index in [4.69, 9.17) is 11.6 Å². The van der Waals surface area contributed by atoms with Crippen molar-refractivity contribution in [3.63, 3.8) is 0 Å². The zero-order chi connectivity index (χ0) is 18.6. The van der Waals surface area contributed by atoms with Crippen LogP contribution in [0.4, 0.5) is 0 Å². The van der Waals surface area contributed by atoms with E-state index in [-0.39, 0.29) is 4.90 Å². The molecule has 1 aromatic heterocycles. The van der Waals surface area contributed by atoms with Crippen LogP contribution in [0.2, 0.25) is 5.15 Å². The molecule has 3 aromatic rings. The van der Waals surface area contributed by atoms with Crippen LogP contribution in [0.5, 0.6) is 0 Å². The first-order valence-electron chi connectivity index (χ1n) is 7.84. The number of aryl methyl sites for hydroxylation is 1. The molecule has 3 rings (SSSR count). The fourth-order valence-electron chi connectivity index (χ4n) is 2.39. The summed E-state index contributed by atoms with van der Waals surface area (Å²) in [5, 5.41) is 8.62. The van der Waals surface area contributed by atoms with Crippen LogP contribution in [0.25, 0.3) is 0 Å². The van der Waals surface area contributed by atoms with Gasteiger partial charge in [0.2, 0.25) is 0 Å². The summed E-state index contributed by atoms with van der Waals surface area (Å²) >= 11 is 6.38. The van der Waals surface area contributed by atoms with Gasteiger partial charge in [-0.25, -0.2) is 9.51 Å². The maximum Gasteiger partial charge on any atom is 0.276 e. The molecule has 134 valence electrons. The second kappa shape index (κ2) is 7.72. The van der Waals surface area contributed by atoms with E-state index in [2.05, 4.69) is 15.0 Å². The first kappa shape index (κ1) is 18.2. The summed E-state index contributed by atoms with van der Waals surface area (Å²) in [4.78, 5) is 2.32. The molecule has 6 nitrogen and oxygen atoms in total. The molecule has 0 spiro atoms. The second-order valence-corrected chi connectivity index (χ2v) is 7.62. The molecule has 0 fully saturated rings. The Morgan fingerprint density at radius 1 is 1.12 bits per heavy atom. The van der Waals surface area contributed by atoms with Crippen LogP contribution in [-0.2, 0) is 16.6 Å². The molecule has 0 atom stereocenters. The summed E-state index contributed by atoms with van der Waals surface area (Å²) < 4.78 is 26.0. The Balaban J connectivity index is 1.77. The number of hydrogen-bond acceptors (Lipinski definition) is 4. The molecule has 0 saturated heterocycles. The van der Waals surface area contributed by atoms with Gasteiger partial charge >= 0.3 is 0 Å². The summed E-state index contributed by atoms with van der Waals surface area (Å²) in [6.45, 7) is 2.31. The van der Waals surface area contributed by atoms with Crippen molar-refractivity contribution in [1.29, 1.82) is 0 Å². The number of hydrazone groups is 1. The predicted molar refractivity (Wildman–Crippen MR) is 102 cm³/mol. The first-order chi connectivity index (χ1) is 12.5. The fraction of sp³-hybridized carbons (Fsp3) is 0.111. The molecular formula is C18H17ClN4O2S. The Morgan fingerprint density at radius 3 is 2.38 bits per heavy atom. The molecule has 0 aliphatic carbocycles.